The second-order valence-electron chi connectivity index (χ2n) is 5.26. The molecule has 0 spiro atoms. The Kier molecular flexibility index (Phi) is 4.97. The highest BCUT2D eigenvalue weighted by Gasteiger charge is 2.26. The van der Waals surface area contributed by atoms with E-state index in [2.05, 4.69) is 21.2 Å². The second-order valence-corrected chi connectivity index (χ2v) is 8.06. The standard InChI is InChI=1S/C13H16BrClN2O3S/c1-7(8-3-2-4-8)17-13(18)10-5-9(21(16,19)20)6-11(14)12(10)15/h5-8H,2-4H2,1H3,(H,17,18)(H2,16,19,20). The molecule has 1 saturated carbocycles. The van der Waals surface area contributed by atoms with Gasteiger partial charge in [-0.15, -0.1) is 0 Å². The molecule has 5 nitrogen and oxygen atoms in total. The van der Waals surface area contributed by atoms with Gasteiger partial charge in [-0.05, 0) is 53.7 Å². The molecule has 1 aliphatic rings. The van der Waals surface area contributed by atoms with Gasteiger partial charge in [-0.1, -0.05) is 18.0 Å². The molecule has 1 aromatic rings. The van der Waals surface area contributed by atoms with Gasteiger partial charge in [0.15, 0.2) is 0 Å². The number of sulfonamides is 1. The molecule has 1 unspecified atom stereocenters. The zero-order chi connectivity index (χ0) is 15.8. The van der Waals surface area contributed by atoms with Crippen LogP contribution in [0.5, 0.6) is 0 Å². The van der Waals surface area contributed by atoms with Crippen molar-refractivity contribution in [1.82, 2.24) is 5.32 Å². The van der Waals surface area contributed by atoms with Gasteiger partial charge in [0.2, 0.25) is 10.0 Å². The molecular weight excluding hydrogens is 380 g/mol. The van der Waals surface area contributed by atoms with Crippen molar-refractivity contribution in [1.29, 1.82) is 0 Å². The highest BCUT2D eigenvalue weighted by Crippen LogP contribution is 2.31. The Balaban J connectivity index is 2.29. The summed E-state index contributed by atoms with van der Waals surface area (Å²) in [6, 6.07) is 2.51. The van der Waals surface area contributed by atoms with Crippen molar-refractivity contribution in [3.63, 3.8) is 0 Å². The molecule has 21 heavy (non-hydrogen) atoms. The maximum Gasteiger partial charge on any atom is 0.253 e. The van der Waals surface area contributed by atoms with Gasteiger partial charge in [0.1, 0.15) is 0 Å². The SMILES string of the molecule is CC(NC(=O)c1cc(S(N)(=O)=O)cc(Br)c1Cl)C1CCC1. The first kappa shape index (κ1) is 16.7. The molecule has 3 N–H and O–H groups in total. The van der Waals surface area contributed by atoms with Crippen LogP contribution in [0.15, 0.2) is 21.5 Å². The van der Waals surface area contributed by atoms with E-state index >= 15 is 0 Å². The van der Waals surface area contributed by atoms with Crippen LogP contribution in [0.3, 0.4) is 0 Å². The van der Waals surface area contributed by atoms with Crippen molar-refractivity contribution in [2.24, 2.45) is 11.1 Å². The Bertz CT molecular complexity index is 674. The minimum absolute atomic E-state index is 0.0271. The van der Waals surface area contributed by atoms with E-state index in [1.165, 1.54) is 18.6 Å². The fraction of sp³-hybridized carbons (Fsp3) is 0.462. The zero-order valence-corrected chi connectivity index (χ0v) is 14.6. The lowest BCUT2D eigenvalue weighted by atomic mass is 9.80. The van der Waals surface area contributed by atoms with E-state index < -0.39 is 15.9 Å². The molecule has 0 radical (unpaired) electrons. The van der Waals surface area contributed by atoms with Crippen molar-refractivity contribution >= 4 is 43.5 Å². The highest BCUT2D eigenvalue weighted by atomic mass is 79.9. The Labute approximate surface area is 137 Å². The van der Waals surface area contributed by atoms with Crippen LogP contribution in [0, 0.1) is 5.92 Å². The summed E-state index contributed by atoms with van der Waals surface area (Å²) in [5.41, 5.74) is 0.0984. The van der Waals surface area contributed by atoms with E-state index in [-0.39, 0.29) is 21.5 Å². The average Bonchev–Trinajstić information content (AvgIpc) is 2.28. The molecule has 1 atom stereocenters. The minimum Gasteiger partial charge on any atom is -0.349 e. The Morgan fingerprint density at radius 3 is 2.57 bits per heavy atom. The minimum atomic E-state index is -3.91. The van der Waals surface area contributed by atoms with Crippen LogP contribution in [0.25, 0.3) is 0 Å². The van der Waals surface area contributed by atoms with Gasteiger partial charge < -0.3 is 5.32 Å². The molecule has 0 bridgehead atoms. The molecule has 0 aliphatic heterocycles. The maximum absolute atomic E-state index is 12.3. The lowest BCUT2D eigenvalue weighted by Crippen LogP contribution is -2.40. The third-order valence-corrected chi connectivity index (χ3v) is 5.94. The summed E-state index contributed by atoms with van der Waals surface area (Å²) in [6.45, 7) is 1.94. The summed E-state index contributed by atoms with van der Waals surface area (Å²) in [5.74, 6) is 0.0724. The molecule has 1 amide bonds. The number of hydrogen-bond acceptors (Lipinski definition) is 3. The first-order valence-corrected chi connectivity index (χ1v) is 9.24. The topological polar surface area (TPSA) is 89.3 Å². The molecule has 1 aliphatic carbocycles. The number of rotatable bonds is 4. The summed E-state index contributed by atoms with van der Waals surface area (Å²) < 4.78 is 23.2. The molecule has 0 heterocycles. The Morgan fingerprint density at radius 1 is 1.48 bits per heavy atom. The molecule has 0 saturated heterocycles. The quantitative estimate of drug-likeness (QED) is 0.821. The van der Waals surface area contributed by atoms with Crippen molar-refractivity contribution in [2.45, 2.75) is 37.1 Å². The first-order valence-electron chi connectivity index (χ1n) is 6.53. The molecule has 2 rings (SSSR count). The summed E-state index contributed by atoms with van der Waals surface area (Å²) in [5, 5.41) is 8.13. The Hall–Kier alpha value is -0.630. The van der Waals surface area contributed by atoms with E-state index in [4.69, 9.17) is 16.7 Å². The molecule has 1 aromatic carbocycles. The van der Waals surface area contributed by atoms with Gasteiger partial charge in [0.25, 0.3) is 5.91 Å². The predicted molar refractivity (Wildman–Crippen MR) is 84.8 cm³/mol. The van der Waals surface area contributed by atoms with Crippen molar-refractivity contribution in [3.05, 3.63) is 27.2 Å². The summed E-state index contributed by atoms with van der Waals surface area (Å²) in [6.07, 6.45) is 3.37. The van der Waals surface area contributed by atoms with Gasteiger partial charge in [-0.3, -0.25) is 4.79 Å². The van der Waals surface area contributed by atoms with E-state index in [0.717, 1.165) is 12.8 Å². The number of carbonyl (C=O) groups is 1. The van der Waals surface area contributed by atoms with Crippen molar-refractivity contribution in [3.8, 4) is 0 Å². The molecular formula is C13H16BrClN2O3S. The van der Waals surface area contributed by atoms with E-state index in [9.17, 15) is 13.2 Å². The lowest BCUT2D eigenvalue weighted by Gasteiger charge is -2.32. The fourth-order valence-corrected chi connectivity index (χ4v) is 3.61. The van der Waals surface area contributed by atoms with Crippen LogP contribution in [0.4, 0.5) is 0 Å². The molecule has 0 aromatic heterocycles. The maximum atomic E-state index is 12.3. The normalized spacial score (nSPS) is 17.1. The number of halogens is 2. The monoisotopic (exact) mass is 394 g/mol. The smallest absolute Gasteiger partial charge is 0.253 e. The van der Waals surface area contributed by atoms with Gasteiger partial charge >= 0.3 is 0 Å². The number of amides is 1. The summed E-state index contributed by atoms with van der Waals surface area (Å²) in [4.78, 5) is 12.1. The number of hydrogen-bond donors (Lipinski definition) is 2. The summed E-state index contributed by atoms with van der Waals surface area (Å²) in [7, 11) is -3.91. The Morgan fingerprint density at radius 2 is 2.10 bits per heavy atom. The number of primary sulfonamides is 1. The largest absolute Gasteiger partial charge is 0.349 e. The summed E-state index contributed by atoms with van der Waals surface area (Å²) >= 11 is 9.22. The number of nitrogens with one attached hydrogen (secondary N) is 1. The van der Waals surface area contributed by atoms with Crippen molar-refractivity contribution < 1.29 is 13.2 Å². The van der Waals surface area contributed by atoms with Gasteiger partial charge in [-0.2, -0.15) is 0 Å². The van der Waals surface area contributed by atoms with Gasteiger partial charge in [0.05, 0.1) is 15.5 Å². The average molecular weight is 396 g/mol. The molecule has 116 valence electrons. The highest BCUT2D eigenvalue weighted by molar-refractivity contribution is 9.10. The van der Waals surface area contributed by atoms with Crippen molar-refractivity contribution in [2.75, 3.05) is 0 Å². The van der Waals surface area contributed by atoms with Crippen LogP contribution < -0.4 is 10.5 Å². The number of carbonyl (C=O) groups excluding carboxylic acids is 1. The number of benzene rings is 1. The number of nitrogens with two attached hydrogens (primary N) is 1. The second kappa shape index (κ2) is 6.24. The third-order valence-electron chi connectivity index (χ3n) is 3.79. The molecule has 1 fully saturated rings. The van der Waals surface area contributed by atoms with Crippen LogP contribution in [0.2, 0.25) is 5.02 Å². The van der Waals surface area contributed by atoms with E-state index in [0.29, 0.717) is 10.4 Å². The van der Waals surface area contributed by atoms with Crippen LogP contribution in [0.1, 0.15) is 36.5 Å². The fourth-order valence-electron chi connectivity index (χ4n) is 2.24. The first-order chi connectivity index (χ1) is 9.70. The van der Waals surface area contributed by atoms with E-state index in [1.54, 1.807) is 0 Å². The third kappa shape index (κ3) is 3.77. The van der Waals surface area contributed by atoms with E-state index in [1.807, 2.05) is 6.92 Å². The van der Waals surface area contributed by atoms with Crippen LogP contribution in [-0.2, 0) is 10.0 Å². The zero-order valence-electron chi connectivity index (χ0n) is 11.4. The lowest BCUT2D eigenvalue weighted by molar-refractivity contribution is 0.0909. The van der Waals surface area contributed by atoms with Gasteiger partial charge in [-0.25, -0.2) is 13.6 Å². The van der Waals surface area contributed by atoms with Gasteiger partial charge in [0, 0.05) is 10.5 Å². The predicted octanol–water partition coefficient (Wildman–Crippen LogP) is 2.67. The van der Waals surface area contributed by atoms with Crippen LogP contribution in [-0.4, -0.2) is 20.4 Å². The van der Waals surface area contributed by atoms with Crippen LogP contribution >= 0.6 is 27.5 Å². The molecule has 8 heteroatoms.